The van der Waals surface area contributed by atoms with Crippen LogP contribution in [0.3, 0.4) is 0 Å². The van der Waals surface area contributed by atoms with Gasteiger partial charge in [0, 0.05) is 12.3 Å². The monoisotopic (exact) mass is 365 g/mol. The second-order valence-corrected chi connectivity index (χ2v) is 6.17. The maximum Gasteiger partial charge on any atom is 0.343 e. The smallest absolute Gasteiger partial charge is 0.343 e. The predicted molar refractivity (Wildman–Crippen MR) is 92.2 cm³/mol. The van der Waals surface area contributed by atoms with Gasteiger partial charge in [-0.15, -0.1) is 0 Å². The van der Waals surface area contributed by atoms with Crippen LogP contribution in [0.5, 0.6) is 0 Å². The lowest BCUT2D eigenvalue weighted by molar-refractivity contribution is -0.115. The number of carbonyl (C=O) groups is 2. The first-order chi connectivity index (χ1) is 11.9. The van der Waals surface area contributed by atoms with Crippen molar-refractivity contribution in [1.82, 2.24) is 15.1 Å². The van der Waals surface area contributed by atoms with Crippen molar-refractivity contribution in [3.8, 4) is 0 Å². The first-order valence-corrected chi connectivity index (χ1v) is 8.53. The van der Waals surface area contributed by atoms with Crippen LogP contribution >= 0.6 is 11.8 Å². The topological polar surface area (TPSA) is 133 Å². The van der Waals surface area contributed by atoms with E-state index in [9.17, 15) is 9.59 Å². The highest BCUT2D eigenvalue weighted by molar-refractivity contribution is 8.00. The number of rotatable bonds is 7. The summed E-state index contributed by atoms with van der Waals surface area (Å²) >= 11 is 1.15. The number of amides is 1. The minimum atomic E-state index is -0.581. The van der Waals surface area contributed by atoms with Gasteiger partial charge in [-0.05, 0) is 20.3 Å². The Morgan fingerprint density at radius 2 is 2.20 bits per heavy atom. The van der Waals surface area contributed by atoms with E-state index in [0.29, 0.717) is 23.2 Å². The van der Waals surface area contributed by atoms with E-state index in [1.54, 1.807) is 19.9 Å². The molecule has 0 aliphatic rings. The molecule has 0 radical (unpaired) electrons. The van der Waals surface area contributed by atoms with Crippen molar-refractivity contribution in [1.29, 1.82) is 0 Å². The summed E-state index contributed by atoms with van der Waals surface area (Å²) in [6.45, 7) is 5.52. The van der Waals surface area contributed by atoms with Crippen molar-refractivity contribution in [3.05, 3.63) is 23.6 Å². The molecule has 9 nitrogen and oxygen atoms in total. The number of aromatic nitrogens is 3. The lowest BCUT2D eigenvalue weighted by atomic mass is 10.3. The molecular weight excluding hydrogens is 346 g/mol. The van der Waals surface area contributed by atoms with Gasteiger partial charge in [-0.1, -0.05) is 23.8 Å². The van der Waals surface area contributed by atoms with Crippen LogP contribution in [0.4, 0.5) is 11.6 Å². The Morgan fingerprint density at radius 1 is 1.44 bits per heavy atom. The number of nitrogen functional groups attached to an aromatic ring is 1. The highest BCUT2D eigenvalue weighted by Gasteiger charge is 2.22. The third-order valence-electron chi connectivity index (χ3n) is 3.08. The van der Waals surface area contributed by atoms with Crippen LogP contribution < -0.4 is 11.1 Å². The molecule has 1 amide bonds. The van der Waals surface area contributed by atoms with Crippen LogP contribution in [0.25, 0.3) is 0 Å². The largest absolute Gasteiger partial charge is 0.462 e. The molecule has 1 unspecified atom stereocenters. The molecule has 2 aromatic rings. The molecule has 0 aliphatic carbocycles. The van der Waals surface area contributed by atoms with Crippen molar-refractivity contribution < 1.29 is 18.8 Å². The van der Waals surface area contributed by atoms with E-state index in [0.717, 1.165) is 11.8 Å². The van der Waals surface area contributed by atoms with Crippen molar-refractivity contribution in [2.24, 2.45) is 0 Å². The van der Waals surface area contributed by atoms with Crippen LogP contribution in [0.1, 0.15) is 36.4 Å². The fraction of sp³-hybridized carbons (Fsp3) is 0.400. The Hall–Kier alpha value is -2.62. The molecule has 134 valence electrons. The van der Waals surface area contributed by atoms with E-state index in [1.807, 2.05) is 6.92 Å². The fourth-order valence-electron chi connectivity index (χ4n) is 1.88. The minimum absolute atomic E-state index is 0.0123. The highest BCUT2D eigenvalue weighted by atomic mass is 32.2. The number of esters is 1. The lowest BCUT2D eigenvalue weighted by Crippen LogP contribution is -2.25. The van der Waals surface area contributed by atoms with E-state index < -0.39 is 11.2 Å². The van der Waals surface area contributed by atoms with Crippen LogP contribution in [-0.2, 0) is 9.53 Å². The van der Waals surface area contributed by atoms with E-state index in [1.165, 1.54) is 6.20 Å². The molecule has 0 saturated carbocycles. The van der Waals surface area contributed by atoms with Gasteiger partial charge in [0.1, 0.15) is 17.1 Å². The molecule has 1 atom stereocenters. The van der Waals surface area contributed by atoms with Crippen LogP contribution in [0.2, 0.25) is 0 Å². The predicted octanol–water partition coefficient (Wildman–Crippen LogP) is 2.04. The third-order valence-corrected chi connectivity index (χ3v) is 4.32. The van der Waals surface area contributed by atoms with E-state index in [4.69, 9.17) is 15.0 Å². The summed E-state index contributed by atoms with van der Waals surface area (Å²) in [5, 5.41) is 6.23. The first kappa shape index (κ1) is 18.7. The van der Waals surface area contributed by atoms with Gasteiger partial charge in [-0.2, -0.15) is 0 Å². The van der Waals surface area contributed by atoms with Gasteiger partial charge in [0.05, 0.1) is 11.9 Å². The second-order valence-electron chi connectivity index (χ2n) is 5.00. The number of thioether (sulfide) groups is 1. The van der Waals surface area contributed by atoms with E-state index in [2.05, 4.69) is 20.4 Å². The zero-order valence-electron chi connectivity index (χ0n) is 14.1. The molecule has 3 N–H and O–H groups in total. The molecule has 0 saturated heterocycles. The molecule has 2 heterocycles. The van der Waals surface area contributed by atoms with Gasteiger partial charge < -0.3 is 20.3 Å². The highest BCUT2D eigenvalue weighted by Crippen LogP contribution is 2.25. The number of hydrogen-bond acceptors (Lipinski definition) is 9. The zero-order valence-corrected chi connectivity index (χ0v) is 14.9. The molecule has 0 fully saturated rings. The van der Waals surface area contributed by atoms with Crippen molar-refractivity contribution >= 4 is 35.3 Å². The maximum atomic E-state index is 12.3. The Bertz CT molecular complexity index is 764. The Labute approximate surface area is 148 Å². The van der Waals surface area contributed by atoms with Crippen molar-refractivity contribution in [2.75, 3.05) is 17.7 Å². The normalized spacial score (nSPS) is 11.8. The Morgan fingerprint density at radius 3 is 2.76 bits per heavy atom. The molecule has 2 aromatic heterocycles. The van der Waals surface area contributed by atoms with Crippen LogP contribution in [0.15, 0.2) is 21.9 Å². The van der Waals surface area contributed by atoms with Crippen molar-refractivity contribution in [3.63, 3.8) is 0 Å². The average Bonchev–Trinajstić information content (AvgIpc) is 2.97. The Balaban J connectivity index is 2.06. The fourth-order valence-corrected chi connectivity index (χ4v) is 2.73. The van der Waals surface area contributed by atoms with Gasteiger partial charge in [-0.25, -0.2) is 14.8 Å². The molecule has 0 aliphatic heterocycles. The molecule has 0 bridgehead atoms. The van der Waals surface area contributed by atoms with Gasteiger partial charge in [0.25, 0.3) is 0 Å². The van der Waals surface area contributed by atoms with Crippen molar-refractivity contribution in [2.45, 2.75) is 37.6 Å². The summed E-state index contributed by atoms with van der Waals surface area (Å²) in [5.74, 6) is 0.125. The third kappa shape index (κ3) is 4.92. The quantitative estimate of drug-likeness (QED) is 0.429. The number of ether oxygens (including phenoxy) is 1. The minimum Gasteiger partial charge on any atom is -0.462 e. The zero-order chi connectivity index (χ0) is 18.4. The first-order valence-electron chi connectivity index (χ1n) is 7.65. The number of anilines is 2. The summed E-state index contributed by atoms with van der Waals surface area (Å²) in [5.41, 5.74) is 5.88. The summed E-state index contributed by atoms with van der Waals surface area (Å²) in [4.78, 5) is 32.2. The van der Waals surface area contributed by atoms with Crippen LogP contribution in [0, 0.1) is 6.92 Å². The molecule has 10 heteroatoms. The molecule has 2 rings (SSSR count). The van der Waals surface area contributed by atoms with Crippen LogP contribution in [-0.4, -0.2) is 38.9 Å². The number of hydrogen-bond donors (Lipinski definition) is 2. The van der Waals surface area contributed by atoms with Gasteiger partial charge in [0.15, 0.2) is 11.0 Å². The van der Waals surface area contributed by atoms with Gasteiger partial charge in [-0.3, -0.25) is 4.79 Å². The van der Waals surface area contributed by atoms with E-state index in [-0.39, 0.29) is 23.9 Å². The summed E-state index contributed by atoms with van der Waals surface area (Å²) in [7, 11) is 0. The number of nitrogens with zero attached hydrogens (tertiary/aromatic N) is 3. The molecule has 0 spiro atoms. The lowest BCUT2D eigenvalue weighted by Gasteiger charge is -2.13. The number of nitrogens with two attached hydrogens (primary N) is 1. The Kier molecular flexibility index (Phi) is 6.34. The van der Waals surface area contributed by atoms with Gasteiger partial charge >= 0.3 is 5.97 Å². The summed E-state index contributed by atoms with van der Waals surface area (Å²) in [6, 6.07) is 1.62. The summed E-state index contributed by atoms with van der Waals surface area (Å²) < 4.78 is 9.78. The maximum absolute atomic E-state index is 12.3. The average molecular weight is 365 g/mol. The second kappa shape index (κ2) is 8.47. The standard InChI is InChI=1S/C15H19N5O4S/c1-4-10(13(21)18-11-6-8(3)24-20-11)25-15-17-7-9(12(16)19-15)14(22)23-5-2/h6-7,10H,4-5H2,1-3H3,(H2,16,17,19)(H,18,20,21). The number of carbonyl (C=O) groups excluding carboxylic acids is 2. The summed E-state index contributed by atoms with van der Waals surface area (Å²) in [6.07, 6.45) is 1.84. The van der Waals surface area contributed by atoms with Gasteiger partial charge in [0.2, 0.25) is 5.91 Å². The molecular formula is C15H19N5O4S. The molecule has 0 aromatic carbocycles. The SMILES string of the molecule is CCOC(=O)c1cnc(SC(CC)C(=O)Nc2cc(C)on2)nc1N. The van der Waals surface area contributed by atoms with E-state index >= 15 is 0 Å². The number of nitrogens with one attached hydrogen (secondary N) is 1. The number of aryl methyl sites for hydroxylation is 1. The molecule has 25 heavy (non-hydrogen) atoms.